The second-order valence-corrected chi connectivity index (χ2v) is 6.27. The molecule has 1 aliphatic heterocycles. The van der Waals surface area contributed by atoms with Crippen LogP contribution in [0.1, 0.15) is 25.3 Å². The summed E-state index contributed by atoms with van der Waals surface area (Å²) in [6, 6.07) is 5.11. The Morgan fingerprint density at radius 3 is 2.54 bits per heavy atom. The maximum absolute atomic E-state index is 12.7. The van der Waals surface area contributed by atoms with Gasteiger partial charge < -0.3 is 10.6 Å². The second-order valence-electron chi connectivity index (χ2n) is 5.86. The fraction of sp³-hybridized carbons (Fsp3) is 0.357. The normalized spacial score (nSPS) is 23.0. The first-order chi connectivity index (χ1) is 11.3. The number of amides is 3. The molecule has 1 aromatic rings. The van der Waals surface area contributed by atoms with Crippen LogP contribution in [0, 0.1) is 10.1 Å². The molecular formula is C14H15N5O4S. The third-order valence-electron chi connectivity index (χ3n) is 3.97. The van der Waals surface area contributed by atoms with E-state index in [4.69, 9.17) is 12.2 Å². The van der Waals surface area contributed by atoms with Gasteiger partial charge in [0.05, 0.1) is 4.92 Å². The minimum absolute atomic E-state index is 0.0936. The Morgan fingerprint density at radius 1 is 1.38 bits per heavy atom. The molecule has 1 aliphatic carbocycles. The lowest BCUT2D eigenvalue weighted by Crippen LogP contribution is -2.51. The average Bonchev–Trinajstić information content (AvgIpc) is 3.32. The number of nitrogens with one attached hydrogen (secondary N) is 3. The third kappa shape index (κ3) is 2.87. The lowest BCUT2D eigenvalue weighted by molar-refractivity contribution is -0.384. The van der Waals surface area contributed by atoms with Gasteiger partial charge >= 0.3 is 6.03 Å². The first kappa shape index (κ1) is 16.1. The molecule has 3 amide bonds. The van der Waals surface area contributed by atoms with E-state index in [1.54, 1.807) is 0 Å². The average molecular weight is 349 g/mol. The van der Waals surface area contributed by atoms with E-state index in [2.05, 4.69) is 16.1 Å². The molecule has 126 valence electrons. The predicted octanol–water partition coefficient (Wildman–Crippen LogP) is 0.903. The number of carbonyl (C=O) groups is 2. The van der Waals surface area contributed by atoms with Crippen LogP contribution >= 0.6 is 12.2 Å². The summed E-state index contributed by atoms with van der Waals surface area (Å²) < 4.78 is 0. The molecule has 2 aliphatic rings. The van der Waals surface area contributed by atoms with Gasteiger partial charge in [0, 0.05) is 18.2 Å². The van der Waals surface area contributed by atoms with Gasteiger partial charge in [-0.1, -0.05) is 0 Å². The summed E-state index contributed by atoms with van der Waals surface area (Å²) in [7, 11) is 0. The van der Waals surface area contributed by atoms with E-state index in [9.17, 15) is 19.7 Å². The Kier molecular flexibility index (Phi) is 3.84. The molecule has 24 heavy (non-hydrogen) atoms. The van der Waals surface area contributed by atoms with E-state index in [-0.39, 0.29) is 16.8 Å². The first-order valence-electron chi connectivity index (χ1n) is 7.30. The topological polar surface area (TPSA) is 117 Å². The molecule has 0 unspecified atom stereocenters. The summed E-state index contributed by atoms with van der Waals surface area (Å²) in [4.78, 5) is 35.0. The molecule has 9 nitrogen and oxygen atoms in total. The summed E-state index contributed by atoms with van der Waals surface area (Å²) in [6.45, 7) is 1.54. The van der Waals surface area contributed by atoms with Gasteiger partial charge in [0.2, 0.25) is 0 Å². The molecule has 3 N–H and O–H groups in total. The summed E-state index contributed by atoms with van der Waals surface area (Å²) in [6.07, 6.45) is 2.00. The van der Waals surface area contributed by atoms with Crippen molar-refractivity contribution in [3.63, 3.8) is 0 Å². The smallest absolute Gasteiger partial charge is 0.344 e. The zero-order valence-electron chi connectivity index (χ0n) is 12.7. The zero-order valence-corrected chi connectivity index (χ0v) is 13.6. The van der Waals surface area contributed by atoms with Crippen molar-refractivity contribution in [3.05, 3.63) is 39.9 Å². The Morgan fingerprint density at radius 2 is 2.00 bits per heavy atom. The van der Waals surface area contributed by atoms with Gasteiger partial charge in [-0.25, -0.2) is 4.79 Å². The summed E-state index contributed by atoms with van der Waals surface area (Å²) in [5, 5.41) is 17.3. The Labute approximate surface area is 142 Å². The van der Waals surface area contributed by atoms with Gasteiger partial charge in [0.15, 0.2) is 5.11 Å². The molecule has 1 heterocycles. The highest BCUT2D eigenvalue weighted by Crippen LogP contribution is 2.29. The van der Waals surface area contributed by atoms with Crippen molar-refractivity contribution in [2.45, 2.75) is 31.3 Å². The molecule has 0 spiro atoms. The van der Waals surface area contributed by atoms with E-state index < -0.39 is 22.4 Å². The minimum atomic E-state index is -1.32. The van der Waals surface area contributed by atoms with Crippen molar-refractivity contribution in [3.8, 4) is 0 Å². The molecule has 2 fully saturated rings. The summed E-state index contributed by atoms with van der Waals surface area (Å²) in [5.41, 5.74) is 1.61. The molecule has 1 saturated heterocycles. The van der Waals surface area contributed by atoms with Gasteiger partial charge in [-0.05, 0) is 49.7 Å². The molecule has 1 saturated carbocycles. The maximum atomic E-state index is 12.7. The highest BCUT2D eigenvalue weighted by Gasteiger charge is 2.50. The number of hydrogen-bond acceptors (Lipinski definition) is 5. The molecule has 0 bridgehead atoms. The molecular weight excluding hydrogens is 334 g/mol. The van der Waals surface area contributed by atoms with E-state index in [0.717, 1.165) is 17.9 Å². The van der Waals surface area contributed by atoms with Crippen LogP contribution in [0.3, 0.4) is 0 Å². The number of imide groups is 1. The highest BCUT2D eigenvalue weighted by molar-refractivity contribution is 7.80. The van der Waals surface area contributed by atoms with E-state index >= 15 is 0 Å². The number of rotatable bonds is 4. The van der Waals surface area contributed by atoms with Crippen LogP contribution in [-0.4, -0.2) is 33.0 Å². The Balaban J connectivity index is 1.77. The van der Waals surface area contributed by atoms with Crippen LogP contribution in [0.15, 0.2) is 24.3 Å². The monoisotopic (exact) mass is 349 g/mol. The van der Waals surface area contributed by atoms with Crippen molar-refractivity contribution in [2.24, 2.45) is 0 Å². The van der Waals surface area contributed by atoms with E-state index in [1.807, 2.05) is 0 Å². The fourth-order valence-corrected chi connectivity index (χ4v) is 2.66. The van der Waals surface area contributed by atoms with Gasteiger partial charge in [-0.2, -0.15) is 5.01 Å². The predicted molar refractivity (Wildman–Crippen MR) is 87.7 cm³/mol. The summed E-state index contributed by atoms with van der Waals surface area (Å²) >= 11 is 5.08. The molecule has 1 atom stereocenters. The fourth-order valence-electron chi connectivity index (χ4n) is 2.40. The molecule has 10 heteroatoms. The van der Waals surface area contributed by atoms with Crippen molar-refractivity contribution in [1.82, 2.24) is 21.1 Å². The quantitative estimate of drug-likeness (QED) is 0.320. The lowest BCUT2D eigenvalue weighted by Gasteiger charge is -2.22. The van der Waals surface area contributed by atoms with Crippen LogP contribution in [0.25, 0.3) is 0 Å². The standard InChI is InChI=1S/C14H15N5O4S/c1-14(8-2-6-10(7-3-8)19(22)23)11(20)18(13(21)16-14)17-12(24)15-9-4-5-9/h2-3,6-7,9H,4-5H2,1H3,(H,16,21)(H2,15,17,24)/t14-/m1/s1. The SMILES string of the molecule is C[C@]1(c2ccc([N+](=O)[O-])cc2)NC(=O)N(NC(=S)NC2CC2)C1=O. The van der Waals surface area contributed by atoms with Crippen LogP contribution in [0.4, 0.5) is 10.5 Å². The van der Waals surface area contributed by atoms with Crippen LogP contribution < -0.4 is 16.1 Å². The van der Waals surface area contributed by atoms with Gasteiger partial charge in [-0.15, -0.1) is 0 Å². The maximum Gasteiger partial charge on any atom is 0.344 e. The molecule has 0 aromatic heterocycles. The van der Waals surface area contributed by atoms with Crippen molar-refractivity contribution < 1.29 is 14.5 Å². The van der Waals surface area contributed by atoms with Crippen molar-refractivity contribution in [1.29, 1.82) is 0 Å². The Hall–Kier alpha value is -2.75. The van der Waals surface area contributed by atoms with Gasteiger partial charge in [-0.3, -0.25) is 20.3 Å². The first-order valence-corrected chi connectivity index (χ1v) is 7.71. The number of nitro benzene ring substituents is 1. The number of non-ortho nitro benzene ring substituents is 1. The zero-order chi connectivity index (χ0) is 17.5. The number of thiocarbonyl (C=S) groups is 1. The molecule has 1 aromatic carbocycles. The largest absolute Gasteiger partial charge is 0.359 e. The van der Waals surface area contributed by atoms with Gasteiger partial charge in [0.25, 0.3) is 11.6 Å². The van der Waals surface area contributed by atoms with E-state index in [1.165, 1.54) is 31.2 Å². The lowest BCUT2D eigenvalue weighted by atomic mass is 9.92. The number of carbonyl (C=O) groups excluding carboxylic acids is 2. The van der Waals surface area contributed by atoms with Crippen molar-refractivity contribution in [2.75, 3.05) is 0 Å². The van der Waals surface area contributed by atoms with E-state index in [0.29, 0.717) is 5.56 Å². The molecule has 3 rings (SSSR count). The number of nitro groups is 1. The second kappa shape index (κ2) is 5.71. The van der Waals surface area contributed by atoms with Crippen molar-refractivity contribution >= 4 is 35.0 Å². The number of hydrogen-bond donors (Lipinski definition) is 3. The molecule has 0 radical (unpaired) electrons. The number of hydrazine groups is 1. The summed E-state index contributed by atoms with van der Waals surface area (Å²) in [5.74, 6) is -0.540. The third-order valence-corrected chi connectivity index (χ3v) is 4.18. The van der Waals surface area contributed by atoms with Gasteiger partial charge in [0.1, 0.15) is 5.54 Å². The van der Waals surface area contributed by atoms with Crippen LogP contribution in [0.5, 0.6) is 0 Å². The number of urea groups is 1. The van der Waals surface area contributed by atoms with Crippen LogP contribution in [-0.2, 0) is 10.3 Å². The Bertz CT molecular complexity index is 733. The minimum Gasteiger partial charge on any atom is -0.359 e. The van der Waals surface area contributed by atoms with Crippen LogP contribution in [0.2, 0.25) is 0 Å². The number of nitrogens with zero attached hydrogens (tertiary/aromatic N) is 2. The number of benzene rings is 1. The highest BCUT2D eigenvalue weighted by atomic mass is 32.1.